The van der Waals surface area contributed by atoms with Crippen molar-refractivity contribution < 1.29 is 4.79 Å². The highest BCUT2D eigenvalue weighted by atomic mass is 32.1. The summed E-state index contributed by atoms with van der Waals surface area (Å²) >= 11 is 1.47. The second-order valence-electron chi connectivity index (χ2n) is 6.27. The summed E-state index contributed by atoms with van der Waals surface area (Å²) in [5.74, 6) is -0.334. The molecule has 1 amide bonds. The Morgan fingerprint density at radius 1 is 1.31 bits per heavy atom. The largest absolute Gasteiger partial charge is 0.315 e. The van der Waals surface area contributed by atoms with Crippen molar-refractivity contribution in [3.05, 3.63) is 57.0 Å². The van der Waals surface area contributed by atoms with Crippen molar-refractivity contribution in [2.45, 2.75) is 32.2 Å². The maximum Gasteiger partial charge on any atom is 0.261 e. The summed E-state index contributed by atoms with van der Waals surface area (Å²) < 4.78 is 1.29. The highest BCUT2D eigenvalue weighted by Gasteiger charge is 2.22. The molecule has 0 atom stereocenters. The smallest absolute Gasteiger partial charge is 0.261 e. The molecule has 0 fully saturated rings. The van der Waals surface area contributed by atoms with E-state index in [4.69, 9.17) is 0 Å². The van der Waals surface area contributed by atoms with Gasteiger partial charge in [0.1, 0.15) is 17.6 Å². The first-order valence-corrected chi connectivity index (χ1v) is 9.27. The number of amides is 1. The molecule has 1 aromatic carbocycles. The lowest BCUT2D eigenvalue weighted by Crippen LogP contribution is -2.27. The third-order valence-corrected chi connectivity index (χ3v) is 5.79. The van der Waals surface area contributed by atoms with Gasteiger partial charge in [0.15, 0.2) is 0 Å². The first-order chi connectivity index (χ1) is 12.7. The number of nitriles is 1. The minimum Gasteiger partial charge on any atom is -0.315 e. The number of hydrogen-bond acceptors (Lipinski definition) is 5. The normalized spacial score (nSPS) is 13.2. The van der Waals surface area contributed by atoms with Crippen LogP contribution in [-0.2, 0) is 24.2 Å². The average Bonchev–Trinajstić information content (AvgIpc) is 3.01. The summed E-state index contributed by atoms with van der Waals surface area (Å²) in [6.07, 6.45) is 5.42. The van der Waals surface area contributed by atoms with E-state index in [1.54, 1.807) is 18.2 Å². The number of para-hydroxylation sites is 1. The Morgan fingerprint density at radius 3 is 2.96 bits per heavy atom. The van der Waals surface area contributed by atoms with E-state index >= 15 is 0 Å². The zero-order valence-electron chi connectivity index (χ0n) is 14.0. The summed E-state index contributed by atoms with van der Waals surface area (Å²) in [6, 6.07) is 9.26. The first kappa shape index (κ1) is 16.5. The lowest BCUT2D eigenvalue weighted by molar-refractivity contribution is -0.116. The van der Waals surface area contributed by atoms with Gasteiger partial charge in [-0.15, -0.1) is 11.3 Å². The second-order valence-corrected chi connectivity index (χ2v) is 7.37. The molecule has 3 aromatic rings. The van der Waals surface area contributed by atoms with E-state index in [0.29, 0.717) is 21.5 Å². The third-order valence-electron chi connectivity index (χ3n) is 4.58. The molecule has 130 valence electrons. The predicted octanol–water partition coefficient (Wildman–Crippen LogP) is 2.85. The molecule has 4 rings (SSSR count). The number of benzene rings is 1. The van der Waals surface area contributed by atoms with Gasteiger partial charge in [0.25, 0.3) is 5.56 Å². The number of thiophene rings is 1. The molecule has 26 heavy (non-hydrogen) atoms. The van der Waals surface area contributed by atoms with E-state index < -0.39 is 0 Å². The van der Waals surface area contributed by atoms with Crippen LogP contribution in [0.5, 0.6) is 0 Å². The van der Waals surface area contributed by atoms with E-state index in [9.17, 15) is 14.9 Å². The maximum absolute atomic E-state index is 12.5. The van der Waals surface area contributed by atoms with Crippen molar-refractivity contribution in [3.63, 3.8) is 0 Å². The number of rotatable bonds is 3. The highest BCUT2D eigenvalue weighted by Crippen LogP contribution is 2.37. The van der Waals surface area contributed by atoms with E-state index in [0.717, 1.165) is 31.2 Å². The van der Waals surface area contributed by atoms with Crippen LogP contribution in [0.25, 0.3) is 10.9 Å². The van der Waals surface area contributed by atoms with Gasteiger partial charge in [0, 0.05) is 4.88 Å². The zero-order valence-corrected chi connectivity index (χ0v) is 14.8. The number of anilines is 1. The number of nitrogens with zero attached hydrogens (tertiary/aromatic N) is 3. The summed E-state index contributed by atoms with van der Waals surface area (Å²) in [6.45, 7) is -0.135. The number of aromatic nitrogens is 2. The molecule has 1 aliphatic rings. The van der Waals surface area contributed by atoms with Crippen LogP contribution in [0.1, 0.15) is 28.8 Å². The van der Waals surface area contributed by atoms with Gasteiger partial charge >= 0.3 is 0 Å². The fourth-order valence-electron chi connectivity index (χ4n) is 3.31. The molecule has 2 heterocycles. The number of hydrogen-bond donors (Lipinski definition) is 1. The van der Waals surface area contributed by atoms with Gasteiger partial charge < -0.3 is 5.32 Å². The molecule has 7 heteroatoms. The fraction of sp³-hybridized carbons (Fsp3) is 0.263. The molecule has 0 unspecified atom stereocenters. The van der Waals surface area contributed by atoms with Crippen molar-refractivity contribution in [3.8, 4) is 6.07 Å². The topological polar surface area (TPSA) is 87.8 Å². The Morgan fingerprint density at radius 2 is 2.12 bits per heavy atom. The third kappa shape index (κ3) is 2.89. The summed E-state index contributed by atoms with van der Waals surface area (Å²) in [4.78, 5) is 30.4. The van der Waals surface area contributed by atoms with E-state index in [-0.39, 0.29) is 18.0 Å². The molecule has 6 nitrogen and oxygen atoms in total. The Hall–Kier alpha value is -2.98. The monoisotopic (exact) mass is 364 g/mol. The van der Waals surface area contributed by atoms with Crippen molar-refractivity contribution >= 4 is 33.1 Å². The standard InChI is InChI=1S/C19H16N4O2S/c20-9-14-12-5-2-4-8-16(12)26-18(14)22-17(24)10-23-11-21-15-7-3-1-6-13(15)19(23)25/h1,3,6-7,11H,2,4-5,8,10H2,(H,22,24). The summed E-state index contributed by atoms with van der Waals surface area (Å²) in [7, 11) is 0. The van der Waals surface area contributed by atoms with Crippen molar-refractivity contribution in [2.75, 3.05) is 5.32 Å². The van der Waals surface area contributed by atoms with Gasteiger partial charge in [-0.3, -0.25) is 14.2 Å². The molecule has 1 N–H and O–H groups in total. The SMILES string of the molecule is N#Cc1c(NC(=O)Cn2cnc3ccccc3c2=O)sc2c1CCCC2. The van der Waals surface area contributed by atoms with Gasteiger partial charge in [-0.05, 0) is 43.4 Å². The number of nitrogens with one attached hydrogen (secondary N) is 1. The predicted molar refractivity (Wildman–Crippen MR) is 100 cm³/mol. The van der Waals surface area contributed by atoms with Crippen LogP contribution >= 0.6 is 11.3 Å². The number of aryl methyl sites for hydroxylation is 1. The molecule has 0 radical (unpaired) electrons. The van der Waals surface area contributed by atoms with E-state index in [2.05, 4.69) is 16.4 Å². The lowest BCUT2D eigenvalue weighted by atomic mass is 9.96. The molecule has 0 saturated heterocycles. The minimum absolute atomic E-state index is 0.135. The van der Waals surface area contributed by atoms with Crippen LogP contribution in [0.15, 0.2) is 35.4 Å². The Bertz CT molecular complexity index is 1110. The molecular formula is C19H16N4O2S. The van der Waals surface area contributed by atoms with Crippen LogP contribution in [0, 0.1) is 11.3 Å². The van der Waals surface area contributed by atoms with E-state index in [1.807, 2.05) is 6.07 Å². The van der Waals surface area contributed by atoms with Crippen LogP contribution in [0.2, 0.25) is 0 Å². The average molecular weight is 364 g/mol. The van der Waals surface area contributed by atoms with E-state index in [1.165, 1.54) is 27.1 Å². The van der Waals surface area contributed by atoms with Gasteiger partial charge in [0.05, 0.1) is 22.8 Å². The van der Waals surface area contributed by atoms with Crippen LogP contribution < -0.4 is 10.9 Å². The van der Waals surface area contributed by atoms with Crippen molar-refractivity contribution in [2.24, 2.45) is 0 Å². The van der Waals surface area contributed by atoms with Crippen molar-refractivity contribution in [1.29, 1.82) is 5.26 Å². The highest BCUT2D eigenvalue weighted by molar-refractivity contribution is 7.16. The summed E-state index contributed by atoms with van der Waals surface area (Å²) in [5.41, 5.74) is 1.99. The molecular weight excluding hydrogens is 348 g/mol. The van der Waals surface area contributed by atoms with Gasteiger partial charge in [-0.1, -0.05) is 12.1 Å². The first-order valence-electron chi connectivity index (χ1n) is 8.46. The quantitative estimate of drug-likeness (QED) is 0.774. The number of fused-ring (bicyclic) bond motifs is 2. The van der Waals surface area contributed by atoms with Crippen LogP contribution in [0.4, 0.5) is 5.00 Å². The maximum atomic E-state index is 12.5. The number of carbonyl (C=O) groups is 1. The minimum atomic E-state index is -0.334. The molecule has 0 spiro atoms. The molecule has 1 aliphatic carbocycles. The van der Waals surface area contributed by atoms with Gasteiger partial charge in [-0.2, -0.15) is 5.26 Å². The molecule has 0 aliphatic heterocycles. The van der Waals surface area contributed by atoms with Gasteiger partial charge in [-0.25, -0.2) is 4.98 Å². The molecule has 2 aromatic heterocycles. The Kier molecular flexibility index (Phi) is 4.27. The number of carbonyl (C=O) groups excluding carboxylic acids is 1. The van der Waals surface area contributed by atoms with Crippen LogP contribution in [0.3, 0.4) is 0 Å². The molecule has 0 saturated carbocycles. The summed E-state index contributed by atoms with van der Waals surface area (Å²) in [5, 5.41) is 13.3. The Labute approximate surface area is 153 Å². The van der Waals surface area contributed by atoms with Crippen molar-refractivity contribution in [1.82, 2.24) is 9.55 Å². The zero-order chi connectivity index (χ0) is 18.1. The lowest BCUT2D eigenvalue weighted by Gasteiger charge is -2.09. The molecule has 0 bridgehead atoms. The fourth-order valence-corrected chi connectivity index (χ4v) is 4.57. The van der Waals surface area contributed by atoms with Gasteiger partial charge in [0.2, 0.25) is 5.91 Å². The second kappa shape index (κ2) is 6.73. The Balaban J connectivity index is 1.59. The van der Waals surface area contributed by atoms with Crippen LogP contribution in [-0.4, -0.2) is 15.5 Å².